The first-order valence-electron chi connectivity index (χ1n) is 5.59. The molecule has 0 saturated heterocycles. The van der Waals surface area contributed by atoms with Gasteiger partial charge in [0, 0.05) is 23.4 Å². The maximum Gasteiger partial charge on any atom is 0.296 e. The van der Waals surface area contributed by atoms with Crippen molar-refractivity contribution in [3.63, 3.8) is 0 Å². The van der Waals surface area contributed by atoms with E-state index in [4.69, 9.17) is 10.7 Å². The van der Waals surface area contributed by atoms with Crippen molar-refractivity contribution in [2.75, 3.05) is 0 Å². The molecule has 0 aliphatic heterocycles. The Kier molecular flexibility index (Phi) is 3.93. The zero-order valence-corrected chi connectivity index (χ0v) is 13.1. The minimum Gasteiger partial charge on any atom is -0.296 e. The van der Waals surface area contributed by atoms with Crippen molar-refractivity contribution >= 4 is 31.1 Å². The van der Waals surface area contributed by atoms with Crippen LogP contribution in [0.3, 0.4) is 0 Å². The normalized spacial score (nSPS) is 12.3. The predicted octanol–water partition coefficient (Wildman–Crippen LogP) is 2.29. The molecule has 2 rings (SSSR count). The Morgan fingerprint density at radius 1 is 1.42 bits per heavy atom. The van der Waals surface area contributed by atoms with E-state index in [-0.39, 0.29) is 11.1 Å². The average molecular weight is 321 g/mol. The van der Waals surface area contributed by atoms with Crippen LogP contribution in [0.1, 0.15) is 18.9 Å². The summed E-state index contributed by atoms with van der Waals surface area (Å²) < 4.78 is 24.6. The molecule has 6 nitrogen and oxygen atoms in total. The summed E-state index contributed by atoms with van der Waals surface area (Å²) >= 11 is 1.43. The summed E-state index contributed by atoms with van der Waals surface area (Å²) in [5.74, 6) is 0.722. The monoisotopic (exact) mass is 320 g/mol. The van der Waals surface area contributed by atoms with E-state index >= 15 is 0 Å². The molecule has 0 fully saturated rings. The topological polar surface area (TPSA) is 77.7 Å². The number of aromatic nitrogens is 4. The number of hydrogen-bond donors (Lipinski definition) is 0. The number of thiazole rings is 1. The van der Waals surface area contributed by atoms with E-state index in [1.54, 1.807) is 6.20 Å². The lowest BCUT2D eigenvalue weighted by atomic mass is 10.2. The van der Waals surface area contributed by atoms with E-state index in [2.05, 4.69) is 15.2 Å². The third kappa shape index (κ3) is 3.13. The number of hydrogen-bond acceptors (Lipinski definition) is 6. The summed E-state index contributed by atoms with van der Waals surface area (Å²) in [7, 11) is 1.48. The Morgan fingerprint density at radius 2 is 2.11 bits per heavy atom. The molecule has 2 aromatic rings. The van der Waals surface area contributed by atoms with Gasteiger partial charge in [-0.25, -0.2) is 13.4 Å². The molecule has 2 heterocycles. The molecular weight excluding hydrogens is 308 g/mol. The lowest BCUT2D eigenvalue weighted by Crippen LogP contribution is -2.11. The maximum atomic E-state index is 11.5. The lowest BCUT2D eigenvalue weighted by Gasteiger charge is -2.10. The minimum absolute atomic E-state index is 0.219. The van der Waals surface area contributed by atoms with Gasteiger partial charge in [-0.3, -0.25) is 4.57 Å². The first-order chi connectivity index (χ1) is 8.79. The molecule has 0 amide bonds. The second kappa shape index (κ2) is 5.18. The summed E-state index contributed by atoms with van der Waals surface area (Å²) in [5, 5.41) is 8.30. The summed E-state index contributed by atoms with van der Waals surface area (Å²) in [6.45, 7) is 6.30. The van der Waals surface area contributed by atoms with Crippen LogP contribution < -0.4 is 0 Å². The first-order valence-corrected chi connectivity index (χ1v) is 8.72. The fraction of sp³-hybridized carbons (Fsp3) is 0.500. The Bertz CT molecular complexity index is 690. The summed E-state index contributed by atoms with van der Waals surface area (Å²) in [4.78, 5) is 4.91. The van der Waals surface area contributed by atoms with Crippen molar-refractivity contribution in [1.29, 1.82) is 0 Å². The van der Waals surface area contributed by atoms with Gasteiger partial charge in [-0.05, 0) is 12.8 Å². The van der Waals surface area contributed by atoms with Crippen LogP contribution in [-0.2, 0) is 15.6 Å². The van der Waals surface area contributed by atoms with Gasteiger partial charge in [0.05, 0.1) is 9.88 Å². The molecule has 2 aromatic heterocycles. The Hall–Kier alpha value is -0.990. The highest BCUT2D eigenvalue weighted by Crippen LogP contribution is 2.27. The molecule has 0 saturated carbocycles. The largest absolute Gasteiger partial charge is 0.296 e. The van der Waals surface area contributed by atoms with Gasteiger partial charge in [0.1, 0.15) is 0 Å². The molecule has 0 spiro atoms. The van der Waals surface area contributed by atoms with E-state index in [9.17, 15) is 8.42 Å². The van der Waals surface area contributed by atoms with Crippen molar-refractivity contribution in [3.8, 4) is 10.7 Å². The zero-order valence-electron chi connectivity index (χ0n) is 10.7. The third-order valence-corrected chi connectivity index (χ3v) is 4.39. The van der Waals surface area contributed by atoms with E-state index < -0.39 is 9.05 Å². The van der Waals surface area contributed by atoms with Gasteiger partial charge in [0.15, 0.2) is 5.82 Å². The van der Waals surface area contributed by atoms with Gasteiger partial charge in [-0.15, -0.1) is 21.5 Å². The first kappa shape index (κ1) is 14.4. The van der Waals surface area contributed by atoms with E-state index in [0.717, 1.165) is 9.88 Å². The average Bonchev–Trinajstić information content (AvgIpc) is 2.82. The van der Waals surface area contributed by atoms with E-state index in [0.29, 0.717) is 12.4 Å². The van der Waals surface area contributed by atoms with Crippen LogP contribution >= 0.6 is 22.0 Å². The van der Waals surface area contributed by atoms with Gasteiger partial charge < -0.3 is 0 Å². The summed E-state index contributed by atoms with van der Waals surface area (Å²) in [5.41, 5.74) is 0. The van der Waals surface area contributed by atoms with Crippen LogP contribution in [0.2, 0.25) is 0 Å². The van der Waals surface area contributed by atoms with Crippen molar-refractivity contribution in [2.24, 2.45) is 5.92 Å². The third-order valence-electron chi connectivity index (χ3n) is 2.32. The van der Waals surface area contributed by atoms with E-state index in [1.807, 2.05) is 20.8 Å². The van der Waals surface area contributed by atoms with Gasteiger partial charge in [-0.2, -0.15) is 0 Å². The quantitative estimate of drug-likeness (QED) is 0.808. The van der Waals surface area contributed by atoms with Crippen LogP contribution in [0.4, 0.5) is 0 Å². The molecule has 0 radical (unpaired) electrons. The second-order valence-electron chi connectivity index (χ2n) is 4.49. The van der Waals surface area contributed by atoms with Crippen molar-refractivity contribution in [3.05, 3.63) is 11.2 Å². The second-order valence-corrected chi connectivity index (χ2v) is 8.19. The molecule has 9 heteroatoms. The molecule has 104 valence electrons. The van der Waals surface area contributed by atoms with E-state index in [1.165, 1.54) is 15.9 Å². The molecule has 0 bridgehead atoms. The molecule has 19 heavy (non-hydrogen) atoms. The molecule has 0 unspecified atom stereocenters. The number of aryl methyl sites for hydroxylation is 1. The molecule has 0 aliphatic rings. The molecule has 0 aromatic carbocycles. The summed E-state index contributed by atoms with van der Waals surface area (Å²) in [6.07, 6.45) is 1.66. The van der Waals surface area contributed by atoms with Crippen molar-refractivity contribution in [1.82, 2.24) is 19.7 Å². The van der Waals surface area contributed by atoms with Crippen LogP contribution in [-0.4, -0.2) is 28.2 Å². The number of nitrogens with zero attached hydrogens (tertiary/aromatic N) is 4. The number of halogens is 1. The standard InChI is InChI=1S/C10H13ClN4O2S2/c1-6(2)5-15-9(8-4-12-7(3)18-8)13-14-10(15)19(11,16)17/h4,6H,5H2,1-3H3. The molecule has 0 atom stereocenters. The van der Waals surface area contributed by atoms with Gasteiger partial charge in [0.25, 0.3) is 14.2 Å². The lowest BCUT2D eigenvalue weighted by molar-refractivity contribution is 0.489. The fourth-order valence-electron chi connectivity index (χ4n) is 1.65. The molecule has 0 N–H and O–H groups in total. The SMILES string of the molecule is Cc1ncc(-c2nnc(S(=O)(=O)Cl)n2CC(C)C)s1. The van der Waals surface area contributed by atoms with Gasteiger partial charge >= 0.3 is 0 Å². The van der Waals surface area contributed by atoms with Crippen LogP contribution in [0.15, 0.2) is 11.4 Å². The van der Waals surface area contributed by atoms with Crippen LogP contribution in [0.25, 0.3) is 10.7 Å². The zero-order chi connectivity index (χ0) is 14.2. The molecular formula is C10H13ClN4O2S2. The maximum absolute atomic E-state index is 11.5. The van der Waals surface area contributed by atoms with Gasteiger partial charge in [-0.1, -0.05) is 13.8 Å². The van der Waals surface area contributed by atoms with Crippen molar-refractivity contribution < 1.29 is 8.42 Å². The highest BCUT2D eigenvalue weighted by atomic mass is 35.7. The smallest absolute Gasteiger partial charge is 0.296 e. The fourth-order valence-corrected chi connectivity index (χ4v) is 3.32. The Labute approximate surface area is 119 Å². The highest BCUT2D eigenvalue weighted by molar-refractivity contribution is 8.13. The predicted molar refractivity (Wildman–Crippen MR) is 73.7 cm³/mol. The Morgan fingerprint density at radius 3 is 2.58 bits per heavy atom. The number of rotatable bonds is 4. The Balaban J connectivity index is 2.59. The van der Waals surface area contributed by atoms with Crippen LogP contribution in [0, 0.1) is 12.8 Å². The minimum atomic E-state index is -3.91. The summed E-state index contributed by atoms with van der Waals surface area (Å²) in [6, 6.07) is 0. The molecule has 0 aliphatic carbocycles. The van der Waals surface area contributed by atoms with Gasteiger partial charge in [0.2, 0.25) is 0 Å². The van der Waals surface area contributed by atoms with Crippen molar-refractivity contribution in [2.45, 2.75) is 32.5 Å². The van der Waals surface area contributed by atoms with Crippen LogP contribution in [0.5, 0.6) is 0 Å². The highest BCUT2D eigenvalue weighted by Gasteiger charge is 2.24.